The summed E-state index contributed by atoms with van der Waals surface area (Å²) in [7, 11) is 0. The molecule has 0 aliphatic heterocycles. The standard InChI is InChI=1S/C21H23N3OS/c25-21-18-12-11-16(22-15-7-3-1-4-8-15)13-19(18)23-20(24-21)14-26-17-9-5-2-6-10-17/h1,3-4,7-8,11-13,17,22H,2,5-6,9-10,14H2,(H,23,24,25). The van der Waals surface area contributed by atoms with Gasteiger partial charge in [0.1, 0.15) is 5.82 Å². The van der Waals surface area contributed by atoms with Crippen LogP contribution in [-0.4, -0.2) is 15.2 Å². The molecule has 0 unspecified atom stereocenters. The first-order valence-corrected chi connectivity index (χ1v) is 10.3. The minimum atomic E-state index is -0.0551. The van der Waals surface area contributed by atoms with Gasteiger partial charge in [0.15, 0.2) is 0 Å². The molecule has 2 aromatic carbocycles. The number of fused-ring (bicyclic) bond motifs is 1. The van der Waals surface area contributed by atoms with Gasteiger partial charge in [0.2, 0.25) is 0 Å². The molecule has 1 aromatic heterocycles. The molecule has 0 radical (unpaired) electrons. The summed E-state index contributed by atoms with van der Waals surface area (Å²) in [5.41, 5.74) is 2.65. The van der Waals surface area contributed by atoms with Crippen molar-refractivity contribution in [3.05, 3.63) is 64.7 Å². The van der Waals surface area contributed by atoms with E-state index in [2.05, 4.69) is 10.3 Å². The van der Waals surface area contributed by atoms with Gasteiger partial charge in [-0.2, -0.15) is 11.8 Å². The first-order chi connectivity index (χ1) is 12.8. The number of thioether (sulfide) groups is 1. The third kappa shape index (κ3) is 4.10. The van der Waals surface area contributed by atoms with Crippen LogP contribution in [0.2, 0.25) is 0 Å². The Labute approximate surface area is 157 Å². The number of anilines is 2. The maximum Gasteiger partial charge on any atom is 0.258 e. The van der Waals surface area contributed by atoms with E-state index >= 15 is 0 Å². The SMILES string of the molecule is O=c1[nH]c(CSC2CCCCC2)nc2cc(Nc3ccccc3)ccc12. The Morgan fingerprint density at radius 3 is 2.65 bits per heavy atom. The molecule has 1 fully saturated rings. The number of nitrogens with one attached hydrogen (secondary N) is 2. The highest BCUT2D eigenvalue weighted by Gasteiger charge is 2.14. The van der Waals surface area contributed by atoms with Gasteiger partial charge in [-0.05, 0) is 43.2 Å². The van der Waals surface area contributed by atoms with E-state index in [1.165, 1.54) is 32.1 Å². The van der Waals surface area contributed by atoms with Crippen LogP contribution in [0.5, 0.6) is 0 Å². The summed E-state index contributed by atoms with van der Waals surface area (Å²) in [4.78, 5) is 20.1. The molecule has 2 N–H and O–H groups in total. The molecule has 3 aromatic rings. The fraction of sp³-hybridized carbons (Fsp3) is 0.333. The van der Waals surface area contributed by atoms with Gasteiger partial charge in [-0.1, -0.05) is 37.5 Å². The third-order valence-corrected chi connectivity index (χ3v) is 6.21. The molecule has 4 rings (SSSR count). The van der Waals surface area contributed by atoms with Crippen LogP contribution in [0.3, 0.4) is 0 Å². The van der Waals surface area contributed by atoms with Crippen molar-refractivity contribution < 1.29 is 0 Å². The zero-order chi connectivity index (χ0) is 17.8. The topological polar surface area (TPSA) is 57.8 Å². The highest BCUT2D eigenvalue weighted by atomic mass is 32.2. The first kappa shape index (κ1) is 17.2. The van der Waals surface area contributed by atoms with Gasteiger partial charge in [-0.3, -0.25) is 4.79 Å². The van der Waals surface area contributed by atoms with Gasteiger partial charge >= 0.3 is 0 Å². The monoisotopic (exact) mass is 365 g/mol. The van der Waals surface area contributed by atoms with Crippen molar-refractivity contribution in [1.29, 1.82) is 0 Å². The molecule has 5 heteroatoms. The van der Waals surface area contributed by atoms with Crippen molar-refractivity contribution in [2.75, 3.05) is 5.32 Å². The zero-order valence-electron chi connectivity index (χ0n) is 14.7. The molecule has 0 atom stereocenters. The van der Waals surface area contributed by atoms with Crippen molar-refractivity contribution in [3.8, 4) is 0 Å². The summed E-state index contributed by atoms with van der Waals surface area (Å²) < 4.78 is 0. The lowest BCUT2D eigenvalue weighted by Gasteiger charge is -2.20. The van der Waals surface area contributed by atoms with Crippen LogP contribution in [0.4, 0.5) is 11.4 Å². The van der Waals surface area contributed by atoms with Crippen LogP contribution >= 0.6 is 11.8 Å². The second-order valence-electron chi connectivity index (χ2n) is 6.81. The Morgan fingerprint density at radius 2 is 1.85 bits per heavy atom. The molecule has 4 nitrogen and oxygen atoms in total. The number of nitrogens with zero attached hydrogens (tertiary/aromatic N) is 1. The molecule has 0 bridgehead atoms. The van der Waals surface area contributed by atoms with E-state index in [4.69, 9.17) is 4.98 Å². The van der Waals surface area contributed by atoms with Crippen LogP contribution in [0.1, 0.15) is 37.9 Å². The zero-order valence-corrected chi connectivity index (χ0v) is 15.5. The highest BCUT2D eigenvalue weighted by molar-refractivity contribution is 7.99. The first-order valence-electron chi connectivity index (χ1n) is 9.24. The number of hydrogen-bond acceptors (Lipinski definition) is 4. The van der Waals surface area contributed by atoms with Gasteiger partial charge in [0.25, 0.3) is 5.56 Å². The lowest BCUT2D eigenvalue weighted by molar-refractivity contribution is 0.516. The summed E-state index contributed by atoms with van der Waals surface area (Å²) in [6.07, 6.45) is 6.59. The van der Waals surface area contributed by atoms with Crippen LogP contribution in [0, 0.1) is 0 Å². The molecule has 134 valence electrons. The van der Waals surface area contributed by atoms with Crippen molar-refractivity contribution >= 4 is 34.0 Å². The van der Waals surface area contributed by atoms with E-state index < -0.39 is 0 Å². The fourth-order valence-corrected chi connectivity index (χ4v) is 4.65. The van der Waals surface area contributed by atoms with E-state index in [1.807, 2.05) is 60.3 Å². The summed E-state index contributed by atoms with van der Waals surface area (Å²) in [5.74, 6) is 1.54. The molecule has 1 aliphatic rings. The molecule has 1 saturated carbocycles. The Kier molecular flexibility index (Phi) is 5.25. The lowest BCUT2D eigenvalue weighted by atomic mass is 10.0. The quantitative estimate of drug-likeness (QED) is 0.650. The molecule has 0 spiro atoms. The van der Waals surface area contributed by atoms with E-state index in [0.29, 0.717) is 10.6 Å². The third-order valence-electron chi connectivity index (χ3n) is 4.83. The van der Waals surface area contributed by atoms with Crippen LogP contribution < -0.4 is 10.9 Å². The number of para-hydroxylation sites is 1. The predicted octanol–water partition coefficient (Wildman–Crippen LogP) is 5.23. The molecular weight excluding hydrogens is 342 g/mol. The maximum atomic E-state index is 12.4. The summed E-state index contributed by atoms with van der Waals surface area (Å²) in [6, 6.07) is 15.7. The number of H-pyrrole nitrogens is 1. The molecule has 0 amide bonds. The van der Waals surface area contributed by atoms with Gasteiger partial charge in [-0.25, -0.2) is 4.98 Å². The van der Waals surface area contributed by atoms with E-state index in [9.17, 15) is 4.79 Å². The van der Waals surface area contributed by atoms with Crippen molar-refractivity contribution in [3.63, 3.8) is 0 Å². The second-order valence-corrected chi connectivity index (χ2v) is 8.10. The van der Waals surface area contributed by atoms with Crippen LogP contribution in [0.25, 0.3) is 10.9 Å². The van der Waals surface area contributed by atoms with Crippen molar-refractivity contribution in [1.82, 2.24) is 9.97 Å². The minimum absolute atomic E-state index is 0.0551. The van der Waals surface area contributed by atoms with Crippen molar-refractivity contribution in [2.24, 2.45) is 0 Å². The average molecular weight is 366 g/mol. The number of aromatic amines is 1. The normalized spacial score (nSPS) is 15.2. The van der Waals surface area contributed by atoms with Crippen molar-refractivity contribution in [2.45, 2.75) is 43.1 Å². The fourth-order valence-electron chi connectivity index (χ4n) is 3.45. The summed E-state index contributed by atoms with van der Waals surface area (Å²) >= 11 is 1.93. The predicted molar refractivity (Wildman–Crippen MR) is 110 cm³/mol. The highest BCUT2D eigenvalue weighted by Crippen LogP contribution is 2.30. The van der Waals surface area contributed by atoms with E-state index in [-0.39, 0.29) is 5.56 Å². The van der Waals surface area contributed by atoms with E-state index in [0.717, 1.165) is 28.5 Å². The lowest BCUT2D eigenvalue weighted by Crippen LogP contribution is -2.13. The Hall–Kier alpha value is -2.27. The smallest absolute Gasteiger partial charge is 0.258 e. The van der Waals surface area contributed by atoms with Gasteiger partial charge in [0.05, 0.1) is 16.7 Å². The van der Waals surface area contributed by atoms with Gasteiger partial charge in [0, 0.05) is 16.6 Å². The molecule has 0 saturated heterocycles. The minimum Gasteiger partial charge on any atom is -0.355 e. The number of hydrogen-bond donors (Lipinski definition) is 2. The van der Waals surface area contributed by atoms with Gasteiger partial charge in [-0.15, -0.1) is 0 Å². The van der Waals surface area contributed by atoms with Gasteiger partial charge < -0.3 is 10.3 Å². The Morgan fingerprint density at radius 1 is 1.04 bits per heavy atom. The molecular formula is C21H23N3OS. The maximum absolute atomic E-state index is 12.4. The number of benzene rings is 2. The Balaban J connectivity index is 1.54. The van der Waals surface area contributed by atoms with Crippen LogP contribution in [-0.2, 0) is 5.75 Å². The molecule has 1 aliphatic carbocycles. The largest absolute Gasteiger partial charge is 0.355 e. The summed E-state index contributed by atoms with van der Waals surface area (Å²) in [6.45, 7) is 0. The Bertz CT molecular complexity index is 933. The number of rotatable bonds is 5. The average Bonchev–Trinajstić information content (AvgIpc) is 2.68. The number of aromatic nitrogens is 2. The van der Waals surface area contributed by atoms with Crippen LogP contribution in [0.15, 0.2) is 53.3 Å². The summed E-state index contributed by atoms with van der Waals surface area (Å²) in [5, 5.41) is 4.70. The second kappa shape index (κ2) is 7.96. The molecule has 1 heterocycles. The molecule has 26 heavy (non-hydrogen) atoms. The van der Waals surface area contributed by atoms with E-state index in [1.54, 1.807) is 0 Å².